The summed E-state index contributed by atoms with van der Waals surface area (Å²) < 4.78 is 26.7. The van der Waals surface area contributed by atoms with E-state index in [1.54, 1.807) is 0 Å². The van der Waals surface area contributed by atoms with Crippen LogP contribution in [0, 0.1) is 6.92 Å². The van der Waals surface area contributed by atoms with Gasteiger partial charge >= 0.3 is 10.1 Å². The van der Waals surface area contributed by atoms with Gasteiger partial charge in [0, 0.05) is 0 Å². The van der Waals surface area contributed by atoms with Gasteiger partial charge in [0.1, 0.15) is 0 Å². The Morgan fingerprint density at radius 1 is 1.67 bits per heavy atom. The molecule has 6 heavy (non-hydrogen) atoms. The Morgan fingerprint density at radius 2 is 1.83 bits per heavy atom. The molecule has 0 aromatic rings. The molecule has 0 bridgehead atoms. The van der Waals surface area contributed by atoms with Gasteiger partial charge < -0.3 is 0 Å². The van der Waals surface area contributed by atoms with Crippen molar-refractivity contribution >= 4 is 10.1 Å². The van der Waals surface area contributed by atoms with Gasteiger partial charge in [-0.25, -0.2) is 0 Å². The summed E-state index contributed by atoms with van der Waals surface area (Å²) in [6, 6.07) is 0. The lowest BCUT2D eigenvalue weighted by atomic mass is 11.0. The zero-order valence-electron chi connectivity index (χ0n) is 3.09. The van der Waals surface area contributed by atoms with Crippen molar-refractivity contribution in [2.24, 2.45) is 0 Å². The lowest BCUT2D eigenvalue weighted by molar-refractivity contribution is 0.486. The SMILES string of the molecule is [CH2+]CS(=O)(=O)O. The normalized spacial score (nSPS) is 11.5. The summed E-state index contributed by atoms with van der Waals surface area (Å²) in [7, 11) is -3.77. The van der Waals surface area contributed by atoms with Gasteiger partial charge in [0.05, 0.1) is 6.92 Å². The largest absolute Gasteiger partial charge is 0.306 e. The highest BCUT2D eigenvalue weighted by atomic mass is 32.2. The van der Waals surface area contributed by atoms with E-state index in [0.717, 1.165) is 0 Å². The van der Waals surface area contributed by atoms with Crippen LogP contribution in [0.4, 0.5) is 0 Å². The molecule has 4 heteroatoms. The molecule has 0 saturated heterocycles. The Bertz CT molecular complexity index is 111. The van der Waals surface area contributed by atoms with Gasteiger partial charge in [0.25, 0.3) is 0 Å². The van der Waals surface area contributed by atoms with Crippen LogP contribution in [0.5, 0.6) is 0 Å². The minimum absolute atomic E-state index is 0.451. The highest BCUT2D eigenvalue weighted by Gasteiger charge is 2.00. The van der Waals surface area contributed by atoms with E-state index in [1.165, 1.54) is 0 Å². The average molecular weight is 109 g/mol. The highest BCUT2D eigenvalue weighted by Crippen LogP contribution is 1.73. The van der Waals surface area contributed by atoms with Crippen molar-refractivity contribution in [3.05, 3.63) is 6.92 Å². The fourth-order valence-electron chi connectivity index (χ4n) is 0. The molecule has 0 rings (SSSR count). The maximum atomic E-state index is 9.49. The zero-order chi connectivity index (χ0) is 5.21. The molecule has 0 fully saturated rings. The van der Waals surface area contributed by atoms with Crippen LogP contribution in [0.2, 0.25) is 0 Å². The van der Waals surface area contributed by atoms with Crippen molar-refractivity contribution in [2.45, 2.75) is 0 Å². The maximum Gasteiger partial charge on any atom is 0.306 e. The number of hydrogen-bond donors (Lipinski definition) is 1. The predicted octanol–water partition coefficient (Wildman–Crippen LogP) is -0.292. The first-order valence-corrected chi connectivity index (χ1v) is 2.91. The number of rotatable bonds is 1. The Labute approximate surface area is 36.7 Å². The average Bonchev–Trinajstić information content (AvgIpc) is 1.35. The summed E-state index contributed by atoms with van der Waals surface area (Å²) in [6.07, 6.45) is 0. The van der Waals surface area contributed by atoms with Crippen molar-refractivity contribution in [1.82, 2.24) is 0 Å². The fraction of sp³-hybridized carbons (Fsp3) is 0.500. The van der Waals surface area contributed by atoms with Gasteiger partial charge in [-0.05, 0) is 0 Å². The molecular weight excluding hydrogens is 104 g/mol. The van der Waals surface area contributed by atoms with Gasteiger partial charge in [-0.3, -0.25) is 4.55 Å². The maximum absolute atomic E-state index is 9.49. The van der Waals surface area contributed by atoms with Gasteiger partial charge in [-0.1, -0.05) is 0 Å². The third kappa shape index (κ3) is 3.78. The summed E-state index contributed by atoms with van der Waals surface area (Å²) in [5, 5.41) is 0. The summed E-state index contributed by atoms with van der Waals surface area (Å²) in [4.78, 5) is 0. The Hall–Kier alpha value is -0.220. The molecule has 0 heterocycles. The predicted molar refractivity (Wildman–Crippen MR) is 21.8 cm³/mol. The molecule has 0 unspecified atom stereocenters. The monoisotopic (exact) mass is 109 g/mol. The molecule has 0 amide bonds. The summed E-state index contributed by atoms with van der Waals surface area (Å²) in [6.45, 7) is 2.92. The minimum atomic E-state index is -3.77. The Morgan fingerprint density at radius 3 is 1.83 bits per heavy atom. The standard InChI is InChI=1S/C2H4O3S/c1-2-6(3,4)5/h1-2H2/p+1. The third-order valence-electron chi connectivity index (χ3n) is 0.258. The molecule has 0 saturated carbocycles. The molecular formula is C2H5O3S+. The van der Waals surface area contributed by atoms with Crippen LogP contribution in [-0.4, -0.2) is 18.7 Å². The van der Waals surface area contributed by atoms with E-state index in [-0.39, 0.29) is 0 Å². The van der Waals surface area contributed by atoms with Crippen molar-refractivity contribution in [1.29, 1.82) is 0 Å². The van der Waals surface area contributed by atoms with E-state index < -0.39 is 15.9 Å². The van der Waals surface area contributed by atoms with E-state index in [1.807, 2.05) is 0 Å². The topological polar surface area (TPSA) is 54.4 Å². The molecule has 0 aromatic carbocycles. The van der Waals surface area contributed by atoms with Crippen molar-refractivity contribution in [3.63, 3.8) is 0 Å². The Balaban J connectivity index is 3.85. The van der Waals surface area contributed by atoms with Crippen LogP contribution < -0.4 is 0 Å². The first-order chi connectivity index (χ1) is 2.56. The second-order valence-corrected chi connectivity index (χ2v) is 2.36. The second-order valence-electron chi connectivity index (χ2n) is 0.786. The van der Waals surface area contributed by atoms with E-state index in [0.29, 0.717) is 0 Å². The zero-order valence-corrected chi connectivity index (χ0v) is 3.90. The molecule has 0 aromatic heterocycles. The first-order valence-electron chi connectivity index (χ1n) is 1.30. The summed E-state index contributed by atoms with van der Waals surface area (Å²) in [5.74, 6) is -0.451. The Kier molecular flexibility index (Phi) is 1.43. The lowest BCUT2D eigenvalue weighted by Crippen LogP contribution is -1.98. The van der Waals surface area contributed by atoms with Crippen LogP contribution in [0.3, 0.4) is 0 Å². The van der Waals surface area contributed by atoms with E-state index in [2.05, 4.69) is 6.92 Å². The van der Waals surface area contributed by atoms with E-state index in [4.69, 9.17) is 4.55 Å². The molecule has 0 aliphatic carbocycles. The lowest BCUT2D eigenvalue weighted by Gasteiger charge is -1.74. The fourth-order valence-corrected chi connectivity index (χ4v) is 0. The first kappa shape index (κ1) is 5.78. The van der Waals surface area contributed by atoms with Crippen LogP contribution >= 0.6 is 0 Å². The van der Waals surface area contributed by atoms with Crippen LogP contribution in [0.1, 0.15) is 0 Å². The molecule has 3 nitrogen and oxygen atoms in total. The van der Waals surface area contributed by atoms with Crippen LogP contribution in [-0.2, 0) is 10.1 Å². The van der Waals surface area contributed by atoms with Crippen LogP contribution in [0.15, 0.2) is 0 Å². The van der Waals surface area contributed by atoms with Crippen molar-refractivity contribution < 1.29 is 13.0 Å². The summed E-state index contributed by atoms with van der Waals surface area (Å²) >= 11 is 0. The van der Waals surface area contributed by atoms with Crippen LogP contribution in [0.25, 0.3) is 0 Å². The third-order valence-corrected chi connectivity index (χ3v) is 0.774. The highest BCUT2D eigenvalue weighted by molar-refractivity contribution is 7.85. The van der Waals surface area contributed by atoms with E-state index >= 15 is 0 Å². The van der Waals surface area contributed by atoms with Gasteiger partial charge in [0.15, 0.2) is 0 Å². The smallest absolute Gasteiger partial charge is 0.282 e. The second kappa shape index (κ2) is 1.49. The quantitative estimate of drug-likeness (QED) is 0.372. The van der Waals surface area contributed by atoms with Gasteiger partial charge in [-0.15, -0.1) is 0 Å². The molecule has 36 valence electrons. The van der Waals surface area contributed by atoms with Crippen molar-refractivity contribution in [3.8, 4) is 0 Å². The minimum Gasteiger partial charge on any atom is -0.282 e. The van der Waals surface area contributed by atoms with Crippen molar-refractivity contribution in [2.75, 3.05) is 5.75 Å². The van der Waals surface area contributed by atoms with Gasteiger partial charge in [0.2, 0.25) is 5.75 Å². The number of hydrogen-bond acceptors (Lipinski definition) is 2. The molecule has 0 radical (unpaired) electrons. The molecule has 0 aliphatic heterocycles. The molecule has 1 N–H and O–H groups in total. The molecule has 0 atom stereocenters. The van der Waals surface area contributed by atoms with E-state index in [9.17, 15) is 8.42 Å². The summed E-state index contributed by atoms with van der Waals surface area (Å²) in [5.41, 5.74) is 0. The van der Waals surface area contributed by atoms with Gasteiger partial charge in [-0.2, -0.15) is 8.42 Å². The molecule has 0 spiro atoms. The molecule has 0 aliphatic rings.